The molecular weight excluding hydrogens is 344 g/mol. The zero-order valence-corrected chi connectivity index (χ0v) is 14.9. The fraction of sp³-hybridized carbons (Fsp3) is 0.353. The second-order valence-corrected chi connectivity index (χ2v) is 7.73. The summed E-state index contributed by atoms with van der Waals surface area (Å²) in [4.78, 5) is 11.5. The Morgan fingerprint density at radius 3 is 2.84 bits per heavy atom. The van der Waals surface area contributed by atoms with Gasteiger partial charge in [-0.25, -0.2) is 17.9 Å². The summed E-state index contributed by atoms with van der Waals surface area (Å²) in [7, 11) is -2.64. The molecule has 0 bridgehead atoms. The van der Waals surface area contributed by atoms with Crippen molar-refractivity contribution in [2.24, 2.45) is 0 Å². The molecule has 134 valence electrons. The molecule has 1 aromatic heterocycles. The first kappa shape index (κ1) is 17.5. The molecule has 8 heteroatoms. The van der Waals surface area contributed by atoms with Gasteiger partial charge in [-0.3, -0.25) is 0 Å². The van der Waals surface area contributed by atoms with Crippen LogP contribution in [-0.4, -0.2) is 21.5 Å². The summed E-state index contributed by atoms with van der Waals surface area (Å²) in [5.74, 6) is -0.721. The third-order valence-electron chi connectivity index (χ3n) is 4.33. The van der Waals surface area contributed by atoms with Crippen molar-refractivity contribution < 1.29 is 22.4 Å². The number of methoxy groups -OCH3 is 1. The molecule has 1 atom stereocenters. The van der Waals surface area contributed by atoms with E-state index >= 15 is 0 Å². The number of rotatable bonds is 4. The normalized spacial score (nSPS) is 17.1. The Labute approximate surface area is 146 Å². The second-order valence-electron chi connectivity index (χ2n) is 6.05. The number of sulfonamides is 1. The molecular formula is C17H20N2O5S. The van der Waals surface area contributed by atoms with Crippen molar-refractivity contribution in [3.05, 3.63) is 46.9 Å². The lowest BCUT2D eigenvalue weighted by atomic mass is 9.88. The van der Waals surface area contributed by atoms with Crippen molar-refractivity contribution in [2.45, 2.75) is 37.1 Å². The molecule has 0 spiro atoms. The minimum absolute atomic E-state index is 0.0598. The number of nitrogens with one attached hydrogen (secondary N) is 1. The lowest BCUT2D eigenvalue weighted by molar-refractivity contribution is 0.0563. The van der Waals surface area contributed by atoms with Gasteiger partial charge >= 0.3 is 5.97 Å². The summed E-state index contributed by atoms with van der Waals surface area (Å²) in [6.07, 6.45) is 2.42. The van der Waals surface area contributed by atoms with Gasteiger partial charge in [0, 0.05) is 17.8 Å². The first-order valence-corrected chi connectivity index (χ1v) is 9.39. The van der Waals surface area contributed by atoms with E-state index in [0.29, 0.717) is 12.1 Å². The molecule has 1 aliphatic carbocycles. The lowest BCUT2D eigenvalue weighted by Crippen LogP contribution is -2.31. The standard InChI is InChI=1S/C17H20N2O5S/c1-10-16(9-15(24-10)17(20)23-2)25(21,22)19-14-5-3-4-11-8-12(18)6-7-13(11)14/h6-9,14,19H,3-5,18H2,1-2H3. The number of esters is 1. The number of nitrogens with two attached hydrogens (primary N) is 1. The molecule has 0 saturated heterocycles. The zero-order valence-electron chi connectivity index (χ0n) is 14.0. The van der Waals surface area contributed by atoms with Crippen LogP contribution >= 0.6 is 0 Å². The zero-order chi connectivity index (χ0) is 18.2. The SMILES string of the molecule is COC(=O)c1cc(S(=O)(=O)NC2CCCc3cc(N)ccc32)c(C)o1. The van der Waals surface area contributed by atoms with Crippen LogP contribution in [0.25, 0.3) is 0 Å². The quantitative estimate of drug-likeness (QED) is 0.636. The number of anilines is 1. The van der Waals surface area contributed by atoms with E-state index < -0.39 is 16.0 Å². The van der Waals surface area contributed by atoms with Crippen LogP contribution in [-0.2, 0) is 21.2 Å². The van der Waals surface area contributed by atoms with Gasteiger partial charge in [-0.05, 0) is 49.4 Å². The lowest BCUT2D eigenvalue weighted by Gasteiger charge is -2.26. The Hall–Kier alpha value is -2.32. The van der Waals surface area contributed by atoms with E-state index in [4.69, 9.17) is 10.2 Å². The predicted molar refractivity (Wildman–Crippen MR) is 91.6 cm³/mol. The Bertz CT molecular complexity index is 917. The van der Waals surface area contributed by atoms with Gasteiger partial charge < -0.3 is 14.9 Å². The number of furan rings is 1. The van der Waals surface area contributed by atoms with Crippen molar-refractivity contribution >= 4 is 21.7 Å². The Kier molecular flexibility index (Phi) is 4.57. The first-order chi connectivity index (χ1) is 11.8. The van der Waals surface area contributed by atoms with Gasteiger partial charge in [-0.15, -0.1) is 0 Å². The molecule has 2 aromatic rings. The molecule has 1 aromatic carbocycles. The summed E-state index contributed by atoms with van der Waals surface area (Å²) in [5.41, 5.74) is 8.46. The van der Waals surface area contributed by atoms with Crippen molar-refractivity contribution in [1.82, 2.24) is 4.72 Å². The van der Waals surface area contributed by atoms with Gasteiger partial charge in [-0.2, -0.15) is 0 Å². The molecule has 1 heterocycles. The molecule has 0 amide bonds. The molecule has 0 aliphatic heterocycles. The van der Waals surface area contributed by atoms with E-state index in [1.165, 1.54) is 20.1 Å². The highest BCUT2D eigenvalue weighted by atomic mass is 32.2. The number of hydrogen-bond donors (Lipinski definition) is 2. The monoisotopic (exact) mass is 364 g/mol. The van der Waals surface area contributed by atoms with Gasteiger partial charge in [0.2, 0.25) is 15.8 Å². The number of benzene rings is 1. The molecule has 1 unspecified atom stereocenters. The van der Waals surface area contributed by atoms with Crippen LogP contribution in [0.5, 0.6) is 0 Å². The van der Waals surface area contributed by atoms with E-state index in [-0.39, 0.29) is 22.5 Å². The highest BCUT2D eigenvalue weighted by Crippen LogP contribution is 2.33. The Balaban J connectivity index is 1.91. The van der Waals surface area contributed by atoms with E-state index in [0.717, 1.165) is 24.0 Å². The van der Waals surface area contributed by atoms with Gasteiger partial charge in [-0.1, -0.05) is 6.07 Å². The van der Waals surface area contributed by atoms with Crippen molar-refractivity contribution in [2.75, 3.05) is 12.8 Å². The average molecular weight is 364 g/mol. The Morgan fingerprint density at radius 1 is 1.36 bits per heavy atom. The van der Waals surface area contributed by atoms with Gasteiger partial charge in [0.05, 0.1) is 7.11 Å². The predicted octanol–water partition coefficient (Wildman–Crippen LogP) is 2.31. The van der Waals surface area contributed by atoms with Crippen LogP contribution in [0.2, 0.25) is 0 Å². The maximum atomic E-state index is 12.8. The molecule has 1 aliphatic rings. The summed E-state index contributed by atoms with van der Waals surface area (Å²) in [6.45, 7) is 1.50. The summed E-state index contributed by atoms with van der Waals surface area (Å²) >= 11 is 0. The first-order valence-electron chi connectivity index (χ1n) is 7.91. The highest BCUT2D eigenvalue weighted by molar-refractivity contribution is 7.89. The number of carbonyl (C=O) groups is 1. The number of hydrogen-bond acceptors (Lipinski definition) is 6. The van der Waals surface area contributed by atoms with Crippen LogP contribution in [0.15, 0.2) is 33.6 Å². The average Bonchev–Trinajstić information content (AvgIpc) is 2.96. The third kappa shape index (κ3) is 3.40. The van der Waals surface area contributed by atoms with Crippen LogP contribution < -0.4 is 10.5 Å². The molecule has 0 fully saturated rings. The van der Waals surface area contributed by atoms with Crippen molar-refractivity contribution in [1.29, 1.82) is 0 Å². The third-order valence-corrected chi connectivity index (χ3v) is 5.91. The number of carbonyl (C=O) groups excluding carboxylic acids is 1. The van der Waals surface area contributed by atoms with Gasteiger partial charge in [0.15, 0.2) is 0 Å². The summed E-state index contributed by atoms with van der Waals surface area (Å²) < 4.78 is 38.0. The number of fused-ring (bicyclic) bond motifs is 1. The van der Waals surface area contributed by atoms with Crippen molar-refractivity contribution in [3.8, 4) is 0 Å². The second kappa shape index (κ2) is 6.53. The smallest absolute Gasteiger partial charge is 0.373 e. The molecule has 25 heavy (non-hydrogen) atoms. The maximum absolute atomic E-state index is 12.8. The molecule has 3 N–H and O–H groups in total. The number of aryl methyl sites for hydroxylation is 2. The van der Waals surface area contributed by atoms with Crippen LogP contribution in [0.4, 0.5) is 5.69 Å². The molecule has 0 saturated carbocycles. The van der Waals surface area contributed by atoms with E-state index in [1.807, 2.05) is 12.1 Å². The summed E-state index contributed by atoms with van der Waals surface area (Å²) in [6, 6.07) is 6.36. The Morgan fingerprint density at radius 2 is 2.12 bits per heavy atom. The molecule has 7 nitrogen and oxygen atoms in total. The van der Waals surface area contributed by atoms with Crippen LogP contribution in [0.1, 0.15) is 46.3 Å². The van der Waals surface area contributed by atoms with E-state index in [1.54, 1.807) is 6.07 Å². The van der Waals surface area contributed by atoms with Crippen LogP contribution in [0, 0.1) is 6.92 Å². The molecule has 3 rings (SSSR count). The van der Waals surface area contributed by atoms with Gasteiger partial charge in [0.25, 0.3) is 0 Å². The minimum atomic E-state index is -3.85. The fourth-order valence-corrected chi connectivity index (χ4v) is 4.57. The van der Waals surface area contributed by atoms with Crippen molar-refractivity contribution in [3.63, 3.8) is 0 Å². The molecule has 0 radical (unpaired) electrons. The topological polar surface area (TPSA) is 112 Å². The minimum Gasteiger partial charge on any atom is -0.463 e. The fourth-order valence-electron chi connectivity index (χ4n) is 3.14. The number of nitrogen functional groups attached to an aromatic ring is 1. The highest BCUT2D eigenvalue weighted by Gasteiger charge is 2.29. The van der Waals surface area contributed by atoms with Gasteiger partial charge in [0.1, 0.15) is 10.7 Å². The number of ether oxygens (including phenoxy) is 1. The summed E-state index contributed by atoms with van der Waals surface area (Å²) in [5, 5.41) is 0. The maximum Gasteiger partial charge on any atom is 0.373 e. The largest absolute Gasteiger partial charge is 0.463 e. The van der Waals surface area contributed by atoms with E-state index in [9.17, 15) is 13.2 Å². The van der Waals surface area contributed by atoms with E-state index in [2.05, 4.69) is 9.46 Å². The van der Waals surface area contributed by atoms with Crippen LogP contribution in [0.3, 0.4) is 0 Å².